The lowest BCUT2D eigenvalue weighted by atomic mass is 9.94. The van der Waals surface area contributed by atoms with E-state index >= 15 is 0 Å². The highest BCUT2D eigenvalue weighted by Gasteiger charge is 2.32. The first kappa shape index (κ1) is 14.8. The minimum absolute atomic E-state index is 0.0698. The van der Waals surface area contributed by atoms with Gasteiger partial charge >= 0.3 is 0 Å². The molecule has 2 saturated heterocycles. The quantitative estimate of drug-likeness (QED) is 0.763. The van der Waals surface area contributed by atoms with Crippen molar-refractivity contribution in [2.24, 2.45) is 5.73 Å². The van der Waals surface area contributed by atoms with Gasteiger partial charge in [-0.05, 0) is 38.6 Å². The summed E-state index contributed by atoms with van der Waals surface area (Å²) in [7, 11) is 0. The Bertz CT molecular complexity index is 296. The molecule has 2 fully saturated rings. The molecule has 19 heavy (non-hydrogen) atoms. The van der Waals surface area contributed by atoms with Crippen molar-refractivity contribution in [2.45, 2.75) is 50.6 Å². The average Bonchev–Trinajstić information content (AvgIpc) is 2.47. The molecule has 0 saturated carbocycles. The van der Waals surface area contributed by atoms with E-state index in [1.165, 1.54) is 19.3 Å². The van der Waals surface area contributed by atoms with E-state index < -0.39 is 0 Å². The molecule has 5 nitrogen and oxygen atoms in total. The molecule has 110 valence electrons. The van der Waals surface area contributed by atoms with Crippen LogP contribution in [0.2, 0.25) is 0 Å². The van der Waals surface area contributed by atoms with Gasteiger partial charge in [0.15, 0.2) is 0 Å². The van der Waals surface area contributed by atoms with Gasteiger partial charge in [-0.25, -0.2) is 0 Å². The van der Waals surface area contributed by atoms with Crippen LogP contribution in [0.25, 0.3) is 0 Å². The minimum Gasteiger partial charge on any atom is -0.396 e. The van der Waals surface area contributed by atoms with Crippen molar-refractivity contribution in [3.63, 3.8) is 0 Å². The van der Waals surface area contributed by atoms with Gasteiger partial charge in [-0.1, -0.05) is 6.42 Å². The van der Waals surface area contributed by atoms with E-state index in [0.717, 1.165) is 38.9 Å². The third-order valence-electron chi connectivity index (χ3n) is 4.53. The molecule has 3 N–H and O–H groups in total. The zero-order valence-corrected chi connectivity index (χ0v) is 11.8. The molecule has 0 bridgehead atoms. The van der Waals surface area contributed by atoms with E-state index in [0.29, 0.717) is 12.1 Å². The van der Waals surface area contributed by atoms with Crippen LogP contribution in [0.3, 0.4) is 0 Å². The molecule has 2 atom stereocenters. The maximum absolute atomic E-state index is 11.7. The molecule has 2 aliphatic heterocycles. The van der Waals surface area contributed by atoms with E-state index in [4.69, 9.17) is 5.73 Å². The SMILES string of the molecule is NCC(=O)N1CCCC(N2CCCCC2CCO)C1. The third kappa shape index (κ3) is 3.68. The molecule has 2 unspecified atom stereocenters. The van der Waals surface area contributed by atoms with Gasteiger partial charge in [0.1, 0.15) is 0 Å². The first-order chi connectivity index (χ1) is 9.26. The summed E-state index contributed by atoms with van der Waals surface area (Å²) in [5.74, 6) is 0.0698. The van der Waals surface area contributed by atoms with Crippen molar-refractivity contribution in [1.29, 1.82) is 0 Å². The summed E-state index contributed by atoms with van der Waals surface area (Å²) in [5, 5.41) is 9.21. The number of aliphatic hydroxyl groups excluding tert-OH is 1. The second kappa shape index (κ2) is 7.22. The fourth-order valence-corrected chi connectivity index (χ4v) is 3.54. The normalized spacial score (nSPS) is 29.5. The maximum atomic E-state index is 11.7. The number of carbonyl (C=O) groups is 1. The van der Waals surface area contributed by atoms with Gasteiger partial charge in [-0.3, -0.25) is 9.69 Å². The van der Waals surface area contributed by atoms with E-state index in [1.807, 2.05) is 4.90 Å². The predicted octanol–water partition coefficient (Wildman–Crippen LogP) is 0.173. The van der Waals surface area contributed by atoms with Crippen molar-refractivity contribution < 1.29 is 9.90 Å². The number of hydrogen-bond donors (Lipinski definition) is 2. The fraction of sp³-hybridized carbons (Fsp3) is 0.929. The van der Waals surface area contributed by atoms with Crippen molar-refractivity contribution in [2.75, 3.05) is 32.8 Å². The summed E-state index contributed by atoms with van der Waals surface area (Å²) in [6.45, 7) is 3.16. The first-order valence-corrected chi connectivity index (χ1v) is 7.60. The molecule has 0 aromatic heterocycles. The van der Waals surface area contributed by atoms with Crippen molar-refractivity contribution in [3.05, 3.63) is 0 Å². The van der Waals surface area contributed by atoms with Crippen LogP contribution >= 0.6 is 0 Å². The Hall–Kier alpha value is -0.650. The molecule has 0 aromatic rings. The van der Waals surface area contributed by atoms with Crippen LogP contribution in [0.1, 0.15) is 38.5 Å². The van der Waals surface area contributed by atoms with Gasteiger partial charge in [0.05, 0.1) is 6.54 Å². The molecule has 0 spiro atoms. The van der Waals surface area contributed by atoms with Crippen LogP contribution in [-0.4, -0.2) is 65.7 Å². The Labute approximate surface area is 115 Å². The van der Waals surface area contributed by atoms with E-state index in [1.54, 1.807) is 0 Å². The second-order valence-corrected chi connectivity index (χ2v) is 5.74. The van der Waals surface area contributed by atoms with Gasteiger partial charge in [-0.15, -0.1) is 0 Å². The number of nitrogens with zero attached hydrogens (tertiary/aromatic N) is 2. The lowest BCUT2D eigenvalue weighted by Gasteiger charge is -2.45. The minimum atomic E-state index is 0.0698. The summed E-state index contributed by atoms with van der Waals surface area (Å²) in [4.78, 5) is 16.2. The van der Waals surface area contributed by atoms with E-state index in [9.17, 15) is 9.90 Å². The molecule has 5 heteroatoms. The van der Waals surface area contributed by atoms with Gasteiger partial charge in [-0.2, -0.15) is 0 Å². The van der Waals surface area contributed by atoms with Crippen LogP contribution in [0.15, 0.2) is 0 Å². The van der Waals surface area contributed by atoms with Crippen molar-refractivity contribution in [1.82, 2.24) is 9.80 Å². The highest BCUT2D eigenvalue weighted by Crippen LogP contribution is 2.26. The summed E-state index contributed by atoms with van der Waals surface area (Å²) < 4.78 is 0. The second-order valence-electron chi connectivity index (χ2n) is 5.74. The van der Waals surface area contributed by atoms with Crippen LogP contribution in [0.4, 0.5) is 0 Å². The standard InChI is InChI=1S/C14H27N3O2/c15-10-14(19)16-7-3-5-13(11-16)17-8-2-1-4-12(17)6-9-18/h12-13,18H,1-11,15H2. The molecule has 0 aliphatic carbocycles. The zero-order chi connectivity index (χ0) is 13.7. The number of carbonyl (C=O) groups excluding carboxylic acids is 1. The van der Waals surface area contributed by atoms with Gasteiger partial charge in [0.2, 0.25) is 5.91 Å². The summed E-state index contributed by atoms with van der Waals surface area (Å²) in [6, 6.07) is 0.956. The first-order valence-electron chi connectivity index (χ1n) is 7.60. The summed E-state index contributed by atoms with van der Waals surface area (Å²) >= 11 is 0. The molecular weight excluding hydrogens is 242 g/mol. The van der Waals surface area contributed by atoms with Crippen LogP contribution in [0.5, 0.6) is 0 Å². The zero-order valence-electron chi connectivity index (χ0n) is 11.8. The Kier molecular flexibility index (Phi) is 5.60. The average molecular weight is 269 g/mol. The maximum Gasteiger partial charge on any atom is 0.236 e. The van der Waals surface area contributed by atoms with Gasteiger partial charge < -0.3 is 15.7 Å². The smallest absolute Gasteiger partial charge is 0.236 e. The molecule has 0 radical (unpaired) electrons. The summed E-state index contributed by atoms with van der Waals surface area (Å²) in [6.07, 6.45) is 6.78. The molecule has 2 heterocycles. The lowest BCUT2D eigenvalue weighted by Crippen LogP contribution is -2.55. The van der Waals surface area contributed by atoms with Crippen molar-refractivity contribution in [3.8, 4) is 0 Å². The molecule has 1 amide bonds. The van der Waals surface area contributed by atoms with Gasteiger partial charge in [0.25, 0.3) is 0 Å². The Morgan fingerprint density at radius 1 is 1.21 bits per heavy atom. The number of rotatable bonds is 4. The van der Waals surface area contributed by atoms with Crippen LogP contribution < -0.4 is 5.73 Å². The Morgan fingerprint density at radius 3 is 2.79 bits per heavy atom. The largest absolute Gasteiger partial charge is 0.396 e. The number of likely N-dealkylation sites (tertiary alicyclic amines) is 2. The molecular formula is C14H27N3O2. The predicted molar refractivity (Wildman–Crippen MR) is 74.7 cm³/mol. The van der Waals surface area contributed by atoms with Crippen molar-refractivity contribution >= 4 is 5.91 Å². The van der Waals surface area contributed by atoms with E-state index in [-0.39, 0.29) is 19.1 Å². The highest BCUT2D eigenvalue weighted by molar-refractivity contribution is 5.78. The number of hydrogen-bond acceptors (Lipinski definition) is 4. The number of nitrogens with two attached hydrogens (primary N) is 1. The van der Waals surface area contributed by atoms with Crippen LogP contribution in [-0.2, 0) is 4.79 Å². The van der Waals surface area contributed by atoms with Crippen LogP contribution in [0, 0.1) is 0 Å². The number of aliphatic hydroxyl groups is 1. The number of amides is 1. The fourth-order valence-electron chi connectivity index (χ4n) is 3.54. The molecule has 0 aromatic carbocycles. The summed E-state index contributed by atoms with van der Waals surface area (Å²) in [5.41, 5.74) is 5.46. The molecule has 2 aliphatic rings. The highest BCUT2D eigenvalue weighted by atomic mass is 16.3. The number of piperidine rings is 2. The lowest BCUT2D eigenvalue weighted by molar-refractivity contribution is -0.132. The van der Waals surface area contributed by atoms with Gasteiger partial charge in [0, 0.05) is 31.8 Å². The van der Waals surface area contributed by atoms with E-state index in [2.05, 4.69) is 4.90 Å². The topological polar surface area (TPSA) is 69.8 Å². The monoisotopic (exact) mass is 269 g/mol. The Morgan fingerprint density at radius 2 is 2.05 bits per heavy atom. The Balaban J connectivity index is 1.96. The third-order valence-corrected chi connectivity index (χ3v) is 4.53. The molecule has 2 rings (SSSR count).